The first-order valence-corrected chi connectivity index (χ1v) is 9.42. The van der Waals surface area contributed by atoms with Gasteiger partial charge in [-0.3, -0.25) is 9.78 Å². The van der Waals surface area contributed by atoms with Crippen LogP contribution < -0.4 is 20.1 Å². The number of amides is 1. The number of hydrogen-bond acceptors (Lipinski definition) is 5. The first-order chi connectivity index (χ1) is 14.2. The molecule has 0 aliphatic heterocycles. The number of para-hydroxylation sites is 2. The first kappa shape index (κ1) is 20.2. The fourth-order valence-corrected chi connectivity index (χ4v) is 3.03. The molecule has 29 heavy (non-hydrogen) atoms. The number of rotatable bonds is 9. The Bertz CT molecular complexity index is 959. The van der Waals surface area contributed by atoms with Crippen LogP contribution in [0.15, 0.2) is 67.0 Å². The molecule has 0 radical (unpaired) electrons. The van der Waals surface area contributed by atoms with Gasteiger partial charge in [0.15, 0.2) is 0 Å². The molecule has 1 aromatic heterocycles. The van der Waals surface area contributed by atoms with E-state index < -0.39 is 0 Å². The molecule has 0 aliphatic carbocycles. The Hall–Kier alpha value is -3.54. The number of aromatic nitrogens is 1. The standard InChI is InChI=1S/C23H25N3O3/c1-28-21-9-5-3-7-17(21)11-12-25-23(27)19-13-20(16-24-14-19)26-15-18-8-4-6-10-22(18)29-2/h3-10,13-14,16,26H,11-12,15H2,1-2H3,(H,25,27). The molecule has 0 saturated carbocycles. The third-order valence-corrected chi connectivity index (χ3v) is 4.55. The van der Waals surface area contributed by atoms with Gasteiger partial charge in [0.2, 0.25) is 0 Å². The van der Waals surface area contributed by atoms with E-state index in [1.165, 1.54) is 0 Å². The van der Waals surface area contributed by atoms with Crippen LogP contribution in [0.1, 0.15) is 21.5 Å². The van der Waals surface area contributed by atoms with Gasteiger partial charge in [-0.15, -0.1) is 0 Å². The molecular formula is C23H25N3O3. The van der Waals surface area contributed by atoms with Gasteiger partial charge in [0.1, 0.15) is 11.5 Å². The SMILES string of the molecule is COc1ccccc1CCNC(=O)c1cncc(NCc2ccccc2OC)c1. The Kier molecular flexibility index (Phi) is 7.05. The third kappa shape index (κ3) is 5.48. The van der Waals surface area contributed by atoms with Crippen molar-refractivity contribution >= 4 is 11.6 Å². The van der Waals surface area contributed by atoms with E-state index in [1.54, 1.807) is 32.7 Å². The van der Waals surface area contributed by atoms with Crippen molar-refractivity contribution in [3.05, 3.63) is 83.7 Å². The van der Waals surface area contributed by atoms with E-state index in [-0.39, 0.29) is 5.91 Å². The van der Waals surface area contributed by atoms with Gasteiger partial charge < -0.3 is 20.1 Å². The number of hydrogen-bond donors (Lipinski definition) is 2. The van der Waals surface area contributed by atoms with Crippen LogP contribution in [0.5, 0.6) is 11.5 Å². The number of benzene rings is 2. The van der Waals surface area contributed by atoms with Crippen molar-refractivity contribution in [2.75, 3.05) is 26.1 Å². The summed E-state index contributed by atoms with van der Waals surface area (Å²) in [6, 6.07) is 17.4. The second-order valence-corrected chi connectivity index (χ2v) is 6.45. The molecule has 3 rings (SSSR count). The topological polar surface area (TPSA) is 72.5 Å². The highest BCUT2D eigenvalue weighted by Crippen LogP contribution is 2.19. The molecule has 0 unspecified atom stereocenters. The average molecular weight is 391 g/mol. The van der Waals surface area contributed by atoms with Crippen LogP contribution in [-0.2, 0) is 13.0 Å². The first-order valence-electron chi connectivity index (χ1n) is 9.42. The molecule has 0 atom stereocenters. The maximum absolute atomic E-state index is 12.5. The van der Waals surface area contributed by atoms with E-state index in [0.29, 0.717) is 25.1 Å². The lowest BCUT2D eigenvalue weighted by molar-refractivity contribution is 0.0953. The van der Waals surface area contributed by atoms with Crippen LogP contribution >= 0.6 is 0 Å². The van der Waals surface area contributed by atoms with E-state index in [2.05, 4.69) is 15.6 Å². The van der Waals surface area contributed by atoms with Crippen molar-refractivity contribution in [3.63, 3.8) is 0 Å². The Morgan fingerprint density at radius 2 is 1.59 bits per heavy atom. The maximum atomic E-state index is 12.5. The predicted octanol–water partition coefficient (Wildman–Crippen LogP) is 3.68. The minimum atomic E-state index is -0.159. The number of anilines is 1. The van der Waals surface area contributed by atoms with E-state index in [9.17, 15) is 4.79 Å². The zero-order valence-corrected chi connectivity index (χ0v) is 16.6. The second-order valence-electron chi connectivity index (χ2n) is 6.45. The number of carbonyl (C=O) groups is 1. The largest absolute Gasteiger partial charge is 0.496 e. The van der Waals surface area contributed by atoms with Gasteiger partial charge in [-0.25, -0.2) is 0 Å². The monoisotopic (exact) mass is 391 g/mol. The minimum absolute atomic E-state index is 0.159. The van der Waals surface area contributed by atoms with Crippen molar-refractivity contribution in [2.24, 2.45) is 0 Å². The molecule has 0 spiro atoms. The third-order valence-electron chi connectivity index (χ3n) is 4.55. The van der Waals surface area contributed by atoms with Crippen molar-refractivity contribution in [1.29, 1.82) is 0 Å². The molecule has 6 nitrogen and oxygen atoms in total. The molecule has 1 amide bonds. The van der Waals surface area contributed by atoms with Gasteiger partial charge in [-0.05, 0) is 30.2 Å². The van der Waals surface area contributed by atoms with Crippen molar-refractivity contribution < 1.29 is 14.3 Å². The number of ether oxygens (including phenoxy) is 2. The zero-order chi connectivity index (χ0) is 20.5. The molecule has 0 aliphatic rings. The van der Waals surface area contributed by atoms with Gasteiger partial charge in [-0.2, -0.15) is 0 Å². The van der Waals surface area contributed by atoms with Crippen molar-refractivity contribution in [3.8, 4) is 11.5 Å². The second kappa shape index (κ2) is 10.1. The Morgan fingerprint density at radius 1 is 0.931 bits per heavy atom. The predicted molar refractivity (Wildman–Crippen MR) is 114 cm³/mol. The van der Waals surface area contributed by atoms with Gasteiger partial charge in [0.05, 0.1) is 25.5 Å². The van der Waals surface area contributed by atoms with Crippen LogP contribution in [0.3, 0.4) is 0 Å². The molecule has 3 aromatic rings. The number of carbonyl (C=O) groups excluding carboxylic acids is 1. The van der Waals surface area contributed by atoms with E-state index >= 15 is 0 Å². The summed E-state index contributed by atoms with van der Waals surface area (Å²) in [6.07, 6.45) is 3.95. The number of nitrogens with zero attached hydrogens (tertiary/aromatic N) is 1. The molecule has 0 saturated heterocycles. The molecule has 2 aromatic carbocycles. The summed E-state index contributed by atoms with van der Waals surface area (Å²) in [5, 5.41) is 6.22. The highest BCUT2D eigenvalue weighted by Gasteiger charge is 2.08. The smallest absolute Gasteiger partial charge is 0.252 e. The molecule has 0 bridgehead atoms. The van der Waals surface area contributed by atoms with Crippen LogP contribution in [0, 0.1) is 0 Å². The minimum Gasteiger partial charge on any atom is -0.496 e. The van der Waals surface area contributed by atoms with Gasteiger partial charge in [0.25, 0.3) is 5.91 Å². The summed E-state index contributed by atoms with van der Waals surface area (Å²) in [5.74, 6) is 1.48. The highest BCUT2D eigenvalue weighted by molar-refractivity contribution is 5.94. The fraction of sp³-hybridized carbons (Fsp3) is 0.217. The number of nitrogens with one attached hydrogen (secondary N) is 2. The van der Waals surface area contributed by atoms with Crippen LogP contribution in [0.2, 0.25) is 0 Å². The summed E-state index contributed by atoms with van der Waals surface area (Å²) < 4.78 is 10.7. The maximum Gasteiger partial charge on any atom is 0.252 e. The summed E-state index contributed by atoms with van der Waals surface area (Å²) in [7, 11) is 3.29. The molecular weight excluding hydrogens is 366 g/mol. The number of pyridine rings is 1. The van der Waals surface area contributed by atoms with Crippen LogP contribution in [0.4, 0.5) is 5.69 Å². The summed E-state index contributed by atoms with van der Waals surface area (Å²) in [6.45, 7) is 1.09. The summed E-state index contributed by atoms with van der Waals surface area (Å²) in [5.41, 5.74) is 3.37. The Morgan fingerprint density at radius 3 is 2.31 bits per heavy atom. The van der Waals surface area contributed by atoms with Crippen molar-refractivity contribution in [1.82, 2.24) is 10.3 Å². The van der Waals surface area contributed by atoms with E-state index in [1.807, 2.05) is 48.5 Å². The Balaban J connectivity index is 1.56. The summed E-state index contributed by atoms with van der Waals surface area (Å²) >= 11 is 0. The van der Waals surface area contributed by atoms with Gasteiger partial charge in [0, 0.05) is 31.0 Å². The highest BCUT2D eigenvalue weighted by atomic mass is 16.5. The molecule has 0 fully saturated rings. The Labute approximate surface area is 170 Å². The molecule has 2 N–H and O–H groups in total. The van der Waals surface area contributed by atoms with Gasteiger partial charge >= 0.3 is 0 Å². The molecule has 150 valence electrons. The normalized spacial score (nSPS) is 10.3. The summed E-state index contributed by atoms with van der Waals surface area (Å²) in [4.78, 5) is 16.7. The average Bonchev–Trinajstić information content (AvgIpc) is 2.78. The van der Waals surface area contributed by atoms with Crippen LogP contribution in [-0.4, -0.2) is 31.7 Å². The quantitative estimate of drug-likeness (QED) is 0.582. The van der Waals surface area contributed by atoms with Crippen molar-refractivity contribution in [2.45, 2.75) is 13.0 Å². The molecule has 1 heterocycles. The lowest BCUT2D eigenvalue weighted by Gasteiger charge is -2.11. The van der Waals surface area contributed by atoms with Crippen LogP contribution in [0.25, 0.3) is 0 Å². The van der Waals surface area contributed by atoms with Gasteiger partial charge in [-0.1, -0.05) is 36.4 Å². The fourth-order valence-electron chi connectivity index (χ4n) is 3.03. The van der Waals surface area contributed by atoms with E-state index in [0.717, 1.165) is 28.3 Å². The lowest BCUT2D eigenvalue weighted by Crippen LogP contribution is -2.26. The van der Waals surface area contributed by atoms with E-state index in [4.69, 9.17) is 9.47 Å². The zero-order valence-electron chi connectivity index (χ0n) is 16.6. The molecule has 6 heteroatoms. The lowest BCUT2D eigenvalue weighted by atomic mass is 10.1. The number of methoxy groups -OCH3 is 2.